The second-order valence-electron chi connectivity index (χ2n) is 6.92. The highest BCUT2D eigenvalue weighted by Crippen LogP contribution is 2.28. The molecule has 0 radical (unpaired) electrons. The largest absolute Gasteiger partial charge is 0.352 e. The number of amides is 1. The first-order valence-electron chi connectivity index (χ1n) is 9.13. The number of nitrogens with one attached hydrogen (secondary N) is 1. The van der Waals surface area contributed by atoms with Crippen LogP contribution in [-0.2, 0) is 11.3 Å². The lowest BCUT2D eigenvalue weighted by Crippen LogP contribution is -2.44. The first kappa shape index (κ1) is 18.1. The molecule has 1 heterocycles. The van der Waals surface area contributed by atoms with Crippen LogP contribution in [0.15, 0.2) is 42.1 Å². The molecule has 0 bridgehead atoms. The maximum Gasteiger partial charge on any atom is 0.233 e. The summed E-state index contributed by atoms with van der Waals surface area (Å²) < 4.78 is 2.13. The Morgan fingerprint density at radius 1 is 1.44 bits per heavy atom. The van der Waals surface area contributed by atoms with Gasteiger partial charge in [0.25, 0.3) is 0 Å². The minimum Gasteiger partial charge on any atom is -0.352 e. The number of rotatable bonds is 6. The van der Waals surface area contributed by atoms with Gasteiger partial charge in [-0.1, -0.05) is 49.7 Å². The maximum atomic E-state index is 12.7. The Morgan fingerprint density at radius 3 is 2.96 bits per heavy atom. The van der Waals surface area contributed by atoms with Gasteiger partial charge in [0.15, 0.2) is 5.16 Å². The Bertz CT molecular complexity index is 754. The number of carbonyl (C=O) groups excluding carboxylic acids is 1. The molecule has 1 aromatic carbocycles. The third-order valence-electron chi connectivity index (χ3n) is 5.02. The molecule has 1 aliphatic rings. The fraction of sp³-hybridized carbons (Fsp3) is 0.500. The van der Waals surface area contributed by atoms with Crippen molar-refractivity contribution in [2.24, 2.45) is 5.92 Å². The number of thioether (sulfide) groups is 1. The molecule has 0 aliphatic heterocycles. The molecular formula is C20H27N3OS. The Hall–Kier alpha value is -1.75. The minimum atomic E-state index is -0.172. The Balaban J connectivity index is 1.72. The number of aromatic nitrogens is 2. The summed E-state index contributed by atoms with van der Waals surface area (Å²) in [5, 5.41) is 3.96. The van der Waals surface area contributed by atoms with Gasteiger partial charge in [0, 0.05) is 12.6 Å². The fourth-order valence-corrected chi connectivity index (χ4v) is 4.43. The summed E-state index contributed by atoms with van der Waals surface area (Å²) in [6.45, 7) is 8.74. The molecule has 3 atom stereocenters. The lowest BCUT2D eigenvalue weighted by atomic mass is 9.86. The number of nitrogens with zero attached hydrogens (tertiary/aromatic N) is 2. The van der Waals surface area contributed by atoms with Gasteiger partial charge in [-0.25, -0.2) is 4.98 Å². The molecule has 134 valence electrons. The maximum absolute atomic E-state index is 12.7. The van der Waals surface area contributed by atoms with Gasteiger partial charge in [-0.3, -0.25) is 4.79 Å². The Labute approximate surface area is 154 Å². The number of allylic oxidation sites excluding steroid dienone is 1. The van der Waals surface area contributed by atoms with Crippen LogP contribution in [0.25, 0.3) is 11.0 Å². The van der Waals surface area contributed by atoms with Gasteiger partial charge in [-0.15, -0.1) is 6.58 Å². The highest BCUT2D eigenvalue weighted by Gasteiger charge is 2.26. The standard InChI is InChI=1S/C20H27N3OS/c1-4-13-23-18-12-8-7-11-17(18)22-20(23)25-15(3)19(24)21-16-10-6-5-9-14(16)2/h4,7-8,11-12,14-16H,1,5-6,9-10,13H2,2-3H3,(H,21,24). The van der Waals surface area contributed by atoms with Crippen LogP contribution in [0.3, 0.4) is 0 Å². The van der Waals surface area contributed by atoms with Crippen LogP contribution in [0.5, 0.6) is 0 Å². The van der Waals surface area contributed by atoms with E-state index in [1.54, 1.807) is 0 Å². The van der Waals surface area contributed by atoms with Gasteiger partial charge in [0.1, 0.15) is 0 Å². The van der Waals surface area contributed by atoms with E-state index in [2.05, 4.69) is 29.5 Å². The molecule has 3 rings (SSSR count). The van der Waals surface area contributed by atoms with Crippen molar-refractivity contribution < 1.29 is 4.79 Å². The molecule has 1 aliphatic carbocycles. The Morgan fingerprint density at radius 2 is 2.20 bits per heavy atom. The number of fused-ring (bicyclic) bond motifs is 1. The molecule has 1 saturated carbocycles. The highest BCUT2D eigenvalue weighted by molar-refractivity contribution is 8.00. The predicted octanol–water partition coefficient (Wildman–Crippen LogP) is 4.40. The zero-order valence-corrected chi connectivity index (χ0v) is 15.9. The van der Waals surface area contributed by atoms with Gasteiger partial charge in [0.05, 0.1) is 16.3 Å². The van der Waals surface area contributed by atoms with Crippen molar-refractivity contribution in [1.82, 2.24) is 14.9 Å². The third-order valence-corrected chi connectivity index (χ3v) is 6.11. The minimum absolute atomic E-state index is 0.112. The number of para-hydroxylation sites is 2. The zero-order chi connectivity index (χ0) is 17.8. The zero-order valence-electron chi connectivity index (χ0n) is 15.1. The molecule has 1 aromatic heterocycles. The molecule has 2 aromatic rings. The van der Waals surface area contributed by atoms with E-state index in [4.69, 9.17) is 4.98 Å². The predicted molar refractivity (Wildman–Crippen MR) is 105 cm³/mol. The van der Waals surface area contributed by atoms with Gasteiger partial charge in [-0.05, 0) is 37.8 Å². The van der Waals surface area contributed by atoms with E-state index >= 15 is 0 Å². The number of imidazole rings is 1. The first-order chi connectivity index (χ1) is 12.1. The quantitative estimate of drug-likeness (QED) is 0.616. The van der Waals surface area contributed by atoms with Crippen LogP contribution in [0.2, 0.25) is 0 Å². The van der Waals surface area contributed by atoms with E-state index in [9.17, 15) is 4.79 Å². The average Bonchev–Trinajstić information content (AvgIpc) is 2.95. The molecule has 4 nitrogen and oxygen atoms in total. The summed E-state index contributed by atoms with van der Waals surface area (Å²) in [5.74, 6) is 0.682. The molecule has 25 heavy (non-hydrogen) atoms. The van der Waals surface area contributed by atoms with Crippen LogP contribution in [0.4, 0.5) is 0 Å². The first-order valence-corrected chi connectivity index (χ1v) is 10.0. The fourth-order valence-electron chi connectivity index (χ4n) is 3.49. The van der Waals surface area contributed by atoms with E-state index in [0.717, 1.165) is 22.6 Å². The number of carbonyl (C=O) groups is 1. The summed E-state index contributed by atoms with van der Waals surface area (Å²) in [7, 11) is 0. The van der Waals surface area contributed by atoms with Crippen LogP contribution in [0, 0.1) is 5.92 Å². The third kappa shape index (κ3) is 4.09. The van der Waals surface area contributed by atoms with Crippen molar-refractivity contribution in [2.75, 3.05) is 0 Å². The number of hydrogen-bond acceptors (Lipinski definition) is 3. The van der Waals surface area contributed by atoms with Gasteiger partial charge < -0.3 is 9.88 Å². The Kier molecular flexibility index (Phi) is 5.84. The molecule has 0 saturated heterocycles. The average molecular weight is 358 g/mol. The van der Waals surface area contributed by atoms with Crippen LogP contribution in [-0.4, -0.2) is 26.8 Å². The monoisotopic (exact) mass is 357 g/mol. The lowest BCUT2D eigenvalue weighted by molar-refractivity contribution is -0.121. The molecule has 1 N–H and O–H groups in total. The van der Waals surface area contributed by atoms with Crippen LogP contribution in [0.1, 0.15) is 39.5 Å². The molecule has 1 fully saturated rings. The summed E-state index contributed by atoms with van der Waals surface area (Å²) >= 11 is 1.53. The van der Waals surface area contributed by atoms with Gasteiger partial charge >= 0.3 is 0 Å². The van der Waals surface area contributed by atoms with E-state index < -0.39 is 0 Å². The molecule has 1 amide bonds. The summed E-state index contributed by atoms with van der Waals surface area (Å²) in [6.07, 6.45) is 6.67. The van der Waals surface area contributed by atoms with Crippen molar-refractivity contribution in [3.05, 3.63) is 36.9 Å². The second kappa shape index (κ2) is 8.09. The highest BCUT2D eigenvalue weighted by atomic mass is 32.2. The van der Waals surface area contributed by atoms with E-state index in [-0.39, 0.29) is 11.2 Å². The van der Waals surface area contributed by atoms with Crippen molar-refractivity contribution in [3.8, 4) is 0 Å². The van der Waals surface area contributed by atoms with Gasteiger partial charge in [-0.2, -0.15) is 0 Å². The molecular weight excluding hydrogens is 330 g/mol. The summed E-state index contributed by atoms with van der Waals surface area (Å²) in [4.78, 5) is 17.4. The van der Waals surface area contributed by atoms with Crippen LogP contribution < -0.4 is 5.32 Å². The molecule has 5 heteroatoms. The number of benzene rings is 1. The van der Waals surface area contributed by atoms with Crippen molar-refractivity contribution in [1.29, 1.82) is 0 Å². The van der Waals surface area contributed by atoms with E-state index in [1.165, 1.54) is 31.0 Å². The smallest absolute Gasteiger partial charge is 0.233 e. The van der Waals surface area contributed by atoms with Gasteiger partial charge in [0.2, 0.25) is 5.91 Å². The second-order valence-corrected chi connectivity index (χ2v) is 8.23. The summed E-state index contributed by atoms with van der Waals surface area (Å²) in [5.41, 5.74) is 2.04. The lowest BCUT2D eigenvalue weighted by Gasteiger charge is -2.30. The molecule has 0 spiro atoms. The van der Waals surface area contributed by atoms with E-state index in [0.29, 0.717) is 18.5 Å². The number of hydrogen-bond donors (Lipinski definition) is 1. The SMILES string of the molecule is C=CCn1c(SC(C)C(=O)NC2CCCCC2C)nc2ccccc21. The topological polar surface area (TPSA) is 46.9 Å². The van der Waals surface area contributed by atoms with Crippen molar-refractivity contribution >= 4 is 28.7 Å². The van der Waals surface area contributed by atoms with Crippen molar-refractivity contribution in [3.63, 3.8) is 0 Å². The summed E-state index contributed by atoms with van der Waals surface area (Å²) in [6, 6.07) is 8.38. The van der Waals surface area contributed by atoms with Crippen molar-refractivity contribution in [2.45, 2.75) is 62.5 Å². The van der Waals surface area contributed by atoms with E-state index in [1.807, 2.05) is 31.2 Å². The molecule has 3 unspecified atom stereocenters. The van der Waals surface area contributed by atoms with Crippen LogP contribution >= 0.6 is 11.8 Å². The normalized spacial score (nSPS) is 21.8.